The van der Waals surface area contributed by atoms with E-state index < -0.39 is 10.0 Å². The van der Waals surface area contributed by atoms with E-state index in [9.17, 15) is 13.2 Å². The highest BCUT2D eigenvalue weighted by atomic mass is 32.2. The summed E-state index contributed by atoms with van der Waals surface area (Å²) in [5, 5.41) is 11.2. The average molecular weight is 435 g/mol. The number of aromatic amines is 1. The first-order chi connectivity index (χ1) is 14.4. The standard InChI is InChI=1S/C20H30N6O3S/c1-15-18(13-22-24(15)2)30(28,29)26-11-7-8-16(14-26)19-17(12-21-23-19)20(27)25-9-5-3-4-6-10-25/h12-13,16H,3-11,14H2,1-2H3,(H,21,23). The molecule has 0 aromatic carbocycles. The molecule has 0 saturated carbocycles. The normalized spacial score (nSPS) is 21.5. The summed E-state index contributed by atoms with van der Waals surface area (Å²) >= 11 is 0. The molecule has 1 amide bonds. The predicted octanol–water partition coefficient (Wildman–Crippen LogP) is 2.04. The maximum atomic E-state index is 13.2. The van der Waals surface area contributed by atoms with Crippen LogP contribution in [-0.2, 0) is 17.1 Å². The van der Waals surface area contributed by atoms with E-state index in [1.54, 1.807) is 24.9 Å². The Labute approximate surface area is 177 Å². The minimum absolute atomic E-state index is 0.00346. The summed E-state index contributed by atoms with van der Waals surface area (Å²) in [6, 6.07) is 0. The molecule has 10 heteroatoms. The first kappa shape index (κ1) is 21.0. The van der Waals surface area contributed by atoms with Crippen LogP contribution in [0.15, 0.2) is 17.3 Å². The van der Waals surface area contributed by atoms with Gasteiger partial charge < -0.3 is 4.90 Å². The van der Waals surface area contributed by atoms with E-state index in [1.807, 2.05) is 4.90 Å². The lowest BCUT2D eigenvalue weighted by Gasteiger charge is -2.32. The Bertz CT molecular complexity index is 1000. The van der Waals surface area contributed by atoms with E-state index >= 15 is 0 Å². The van der Waals surface area contributed by atoms with Gasteiger partial charge in [-0.05, 0) is 32.6 Å². The molecule has 2 aromatic heterocycles. The number of piperidine rings is 1. The molecule has 30 heavy (non-hydrogen) atoms. The second-order valence-corrected chi connectivity index (χ2v) is 10.2. The molecule has 4 heterocycles. The summed E-state index contributed by atoms with van der Waals surface area (Å²) < 4.78 is 29.5. The fraction of sp³-hybridized carbons (Fsp3) is 0.650. The molecule has 2 fully saturated rings. The van der Waals surface area contributed by atoms with Gasteiger partial charge in [0.25, 0.3) is 5.91 Å². The molecular formula is C20H30N6O3S. The minimum Gasteiger partial charge on any atom is -0.339 e. The number of hydrogen-bond donors (Lipinski definition) is 1. The van der Waals surface area contributed by atoms with Crippen molar-refractivity contribution in [1.29, 1.82) is 0 Å². The summed E-state index contributed by atoms with van der Waals surface area (Å²) in [5.41, 5.74) is 1.96. The van der Waals surface area contributed by atoms with Crippen LogP contribution < -0.4 is 0 Å². The van der Waals surface area contributed by atoms with Crippen molar-refractivity contribution in [3.63, 3.8) is 0 Å². The number of likely N-dealkylation sites (tertiary alicyclic amines) is 1. The third kappa shape index (κ3) is 3.90. The van der Waals surface area contributed by atoms with Gasteiger partial charge in [0.15, 0.2) is 0 Å². The van der Waals surface area contributed by atoms with Crippen molar-refractivity contribution in [1.82, 2.24) is 29.2 Å². The highest BCUT2D eigenvalue weighted by Gasteiger charge is 2.35. The van der Waals surface area contributed by atoms with Crippen LogP contribution >= 0.6 is 0 Å². The third-order valence-electron chi connectivity index (χ3n) is 6.39. The van der Waals surface area contributed by atoms with Crippen LogP contribution in [0.2, 0.25) is 0 Å². The van der Waals surface area contributed by atoms with Crippen LogP contribution in [0.1, 0.15) is 66.2 Å². The number of sulfonamides is 1. The Morgan fingerprint density at radius 3 is 2.50 bits per heavy atom. The van der Waals surface area contributed by atoms with E-state index in [0.717, 1.165) is 57.3 Å². The zero-order valence-electron chi connectivity index (χ0n) is 17.7. The molecular weight excluding hydrogens is 404 g/mol. The Morgan fingerprint density at radius 1 is 1.10 bits per heavy atom. The van der Waals surface area contributed by atoms with Crippen molar-refractivity contribution < 1.29 is 13.2 Å². The van der Waals surface area contributed by atoms with E-state index in [1.165, 1.54) is 10.5 Å². The van der Waals surface area contributed by atoms with Crippen molar-refractivity contribution in [2.24, 2.45) is 7.05 Å². The number of amides is 1. The van der Waals surface area contributed by atoms with E-state index in [-0.39, 0.29) is 16.7 Å². The summed E-state index contributed by atoms with van der Waals surface area (Å²) in [4.78, 5) is 15.3. The first-order valence-corrected chi connectivity index (χ1v) is 12.1. The number of H-pyrrole nitrogens is 1. The Balaban J connectivity index is 1.55. The number of aryl methyl sites for hydroxylation is 1. The molecule has 9 nitrogen and oxygen atoms in total. The van der Waals surface area contributed by atoms with Gasteiger partial charge in [0.1, 0.15) is 4.90 Å². The summed E-state index contributed by atoms with van der Waals surface area (Å²) in [5.74, 6) is -0.0809. The molecule has 2 aromatic rings. The van der Waals surface area contributed by atoms with Gasteiger partial charge in [0, 0.05) is 39.1 Å². The van der Waals surface area contributed by atoms with Crippen LogP contribution in [0.3, 0.4) is 0 Å². The monoisotopic (exact) mass is 434 g/mol. The van der Waals surface area contributed by atoms with Gasteiger partial charge in [0.05, 0.1) is 29.3 Å². The summed E-state index contributed by atoms with van der Waals surface area (Å²) in [6.07, 6.45) is 8.94. The van der Waals surface area contributed by atoms with Crippen LogP contribution in [0, 0.1) is 6.92 Å². The molecule has 2 aliphatic rings. The van der Waals surface area contributed by atoms with E-state index in [0.29, 0.717) is 24.3 Å². The molecule has 1 N–H and O–H groups in total. The summed E-state index contributed by atoms with van der Waals surface area (Å²) in [7, 11) is -1.90. The smallest absolute Gasteiger partial charge is 0.257 e. The highest BCUT2D eigenvalue weighted by Crippen LogP contribution is 2.32. The zero-order chi connectivity index (χ0) is 21.3. The maximum Gasteiger partial charge on any atom is 0.257 e. The topological polar surface area (TPSA) is 104 Å². The van der Waals surface area contributed by atoms with Crippen molar-refractivity contribution in [3.8, 4) is 0 Å². The average Bonchev–Trinajstić information content (AvgIpc) is 3.25. The Hall–Kier alpha value is -2.20. The number of carbonyl (C=O) groups is 1. The lowest BCUT2D eigenvalue weighted by Crippen LogP contribution is -2.40. The molecule has 1 atom stereocenters. The molecule has 0 aliphatic carbocycles. The van der Waals surface area contributed by atoms with Crippen LogP contribution in [-0.4, -0.2) is 69.7 Å². The van der Waals surface area contributed by atoms with Gasteiger partial charge in [0.2, 0.25) is 10.0 Å². The van der Waals surface area contributed by atoms with Crippen LogP contribution in [0.25, 0.3) is 0 Å². The summed E-state index contributed by atoms with van der Waals surface area (Å²) in [6.45, 7) is 4.10. The number of aromatic nitrogens is 4. The zero-order valence-corrected chi connectivity index (χ0v) is 18.5. The lowest BCUT2D eigenvalue weighted by atomic mass is 9.93. The molecule has 4 rings (SSSR count). The molecule has 2 saturated heterocycles. The predicted molar refractivity (Wildman–Crippen MR) is 112 cm³/mol. The van der Waals surface area contributed by atoms with Gasteiger partial charge >= 0.3 is 0 Å². The SMILES string of the molecule is Cc1c(S(=O)(=O)N2CCCC(c3[nH]ncc3C(=O)N3CCCCCC3)C2)cnn1C. The highest BCUT2D eigenvalue weighted by molar-refractivity contribution is 7.89. The maximum absolute atomic E-state index is 13.2. The second kappa shape index (κ2) is 8.50. The number of nitrogens with zero attached hydrogens (tertiary/aromatic N) is 5. The molecule has 0 bridgehead atoms. The fourth-order valence-electron chi connectivity index (χ4n) is 4.49. The van der Waals surface area contributed by atoms with Gasteiger partial charge in [-0.2, -0.15) is 14.5 Å². The van der Waals surface area contributed by atoms with E-state index in [2.05, 4.69) is 15.3 Å². The third-order valence-corrected chi connectivity index (χ3v) is 8.36. The molecule has 0 radical (unpaired) electrons. The Kier molecular flexibility index (Phi) is 5.97. The molecule has 2 aliphatic heterocycles. The Morgan fingerprint density at radius 2 is 1.83 bits per heavy atom. The van der Waals surface area contributed by atoms with E-state index in [4.69, 9.17) is 0 Å². The van der Waals surface area contributed by atoms with Crippen molar-refractivity contribution in [2.75, 3.05) is 26.2 Å². The van der Waals surface area contributed by atoms with Gasteiger partial charge in [-0.3, -0.25) is 14.6 Å². The van der Waals surface area contributed by atoms with Gasteiger partial charge in [-0.1, -0.05) is 12.8 Å². The molecule has 0 spiro atoms. The van der Waals surface area contributed by atoms with Gasteiger partial charge in [-0.15, -0.1) is 0 Å². The second-order valence-electron chi connectivity index (χ2n) is 8.32. The van der Waals surface area contributed by atoms with Crippen LogP contribution in [0.5, 0.6) is 0 Å². The number of carbonyl (C=O) groups excluding carboxylic acids is 1. The fourth-order valence-corrected chi connectivity index (χ4v) is 6.20. The quantitative estimate of drug-likeness (QED) is 0.793. The van der Waals surface area contributed by atoms with Crippen molar-refractivity contribution in [3.05, 3.63) is 29.3 Å². The lowest BCUT2D eigenvalue weighted by molar-refractivity contribution is 0.0759. The molecule has 1 unspecified atom stereocenters. The molecule has 164 valence electrons. The van der Waals surface area contributed by atoms with Crippen molar-refractivity contribution in [2.45, 2.75) is 56.3 Å². The van der Waals surface area contributed by atoms with Crippen LogP contribution in [0.4, 0.5) is 0 Å². The minimum atomic E-state index is -3.63. The number of hydrogen-bond acceptors (Lipinski definition) is 5. The van der Waals surface area contributed by atoms with Crippen molar-refractivity contribution >= 4 is 15.9 Å². The largest absolute Gasteiger partial charge is 0.339 e. The van der Waals surface area contributed by atoms with Gasteiger partial charge in [-0.25, -0.2) is 8.42 Å². The number of nitrogens with one attached hydrogen (secondary N) is 1. The first-order valence-electron chi connectivity index (χ1n) is 10.7. The number of rotatable bonds is 4.